The van der Waals surface area contributed by atoms with Crippen molar-refractivity contribution < 1.29 is 14.3 Å². The van der Waals surface area contributed by atoms with E-state index in [4.69, 9.17) is 14.5 Å². The molecule has 5 nitrogen and oxygen atoms in total. The summed E-state index contributed by atoms with van der Waals surface area (Å²) in [5.74, 6) is 1.43. The number of methoxy groups -OCH3 is 2. The predicted molar refractivity (Wildman–Crippen MR) is 106 cm³/mol. The topological polar surface area (TPSA) is 51.7 Å². The number of fused-ring (bicyclic) bond motifs is 1. The van der Waals surface area contributed by atoms with E-state index < -0.39 is 0 Å². The second-order valence-corrected chi connectivity index (χ2v) is 7.38. The van der Waals surface area contributed by atoms with Gasteiger partial charge in [0.2, 0.25) is 0 Å². The van der Waals surface area contributed by atoms with Gasteiger partial charge in [0.1, 0.15) is 16.5 Å². The fourth-order valence-electron chi connectivity index (χ4n) is 3.22. The van der Waals surface area contributed by atoms with Gasteiger partial charge in [0.25, 0.3) is 5.91 Å². The van der Waals surface area contributed by atoms with Crippen LogP contribution in [0, 0.1) is 0 Å². The molecule has 27 heavy (non-hydrogen) atoms. The van der Waals surface area contributed by atoms with Crippen molar-refractivity contribution in [3.05, 3.63) is 64.7 Å². The number of hydrogen-bond acceptors (Lipinski definition) is 5. The normalized spacial score (nSPS) is 13.2. The molecule has 0 radical (unpaired) electrons. The number of rotatable bonds is 4. The number of hydrogen-bond donors (Lipinski definition) is 0. The van der Waals surface area contributed by atoms with Gasteiger partial charge in [0, 0.05) is 23.4 Å². The first-order valence-corrected chi connectivity index (χ1v) is 9.56. The number of para-hydroxylation sites is 1. The van der Waals surface area contributed by atoms with Crippen molar-refractivity contribution in [2.75, 3.05) is 20.8 Å². The lowest BCUT2D eigenvalue weighted by atomic mass is 10.1. The minimum absolute atomic E-state index is 0.00232. The molecule has 0 N–H and O–H groups in total. The minimum atomic E-state index is -0.00232. The Kier molecular flexibility index (Phi) is 4.81. The second kappa shape index (κ2) is 7.40. The summed E-state index contributed by atoms with van der Waals surface area (Å²) in [6.45, 7) is 1.25. The van der Waals surface area contributed by atoms with Gasteiger partial charge < -0.3 is 14.4 Å². The van der Waals surface area contributed by atoms with E-state index in [0.29, 0.717) is 24.4 Å². The fraction of sp³-hybridized carbons (Fsp3) is 0.238. The maximum absolute atomic E-state index is 13.0. The first-order chi connectivity index (χ1) is 13.2. The zero-order valence-corrected chi connectivity index (χ0v) is 16.1. The summed E-state index contributed by atoms with van der Waals surface area (Å²) in [6, 6.07) is 15.3. The molecule has 1 aliphatic heterocycles. The van der Waals surface area contributed by atoms with Gasteiger partial charge in [0.15, 0.2) is 0 Å². The van der Waals surface area contributed by atoms with Gasteiger partial charge in [-0.1, -0.05) is 12.1 Å². The Morgan fingerprint density at radius 2 is 1.85 bits per heavy atom. The molecule has 6 heteroatoms. The Morgan fingerprint density at radius 3 is 2.59 bits per heavy atom. The molecule has 138 valence electrons. The lowest BCUT2D eigenvalue weighted by Crippen LogP contribution is -2.35. The molecule has 0 bridgehead atoms. The predicted octanol–water partition coefficient (Wildman–Crippen LogP) is 4.03. The van der Waals surface area contributed by atoms with Crippen LogP contribution < -0.4 is 9.47 Å². The zero-order valence-electron chi connectivity index (χ0n) is 15.3. The largest absolute Gasteiger partial charge is 0.497 e. The summed E-state index contributed by atoms with van der Waals surface area (Å²) in [4.78, 5) is 20.8. The molecule has 0 atom stereocenters. The number of carbonyl (C=O) groups is 1. The molecule has 0 aliphatic carbocycles. The third kappa shape index (κ3) is 3.40. The summed E-state index contributed by atoms with van der Waals surface area (Å²) >= 11 is 1.65. The van der Waals surface area contributed by atoms with E-state index in [0.717, 1.165) is 33.3 Å². The Hall–Kier alpha value is -2.86. The molecular formula is C21H20N2O3S. The highest BCUT2D eigenvalue weighted by Gasteiger charge is 2.26. The summed E-state index contributed by atoms with van der Waals surface area (Å²) in [5, 5.41) is 0.981. The molecule has 0 fully saturated rings. The van der Waals surface area contributed by atoms with E-state index in [1.807, 2.05) is 53.4 Å². The SMILES string of the molecule is COc1ccc(-c2nc3c(s2)CN(C(=O)c2ccccc2OC)CC3)cc1. The Morgan fingerprint density at radius 1 is 1.07 bits per heavy atom. The quantitative estimate of drug-likeness (QED) is 0.686. The highest BCUT2D eigenvalue weighted by Crippen LogP contribution is 2.33. The van der Waals surface area contributed by atoms with E-state index in [1.54, 1.807) is 25.6 Å². The Bertz CT molecular complexity index is 966. The lowest BCUT2D eigenvalue weighted by Gasteiger charge is -2.26. The van der Waals surface area contributed by atoms with Gasteiger partial charge in [-0.15, -0.1) is 11.3 Å². The van der Waals surface area contributed by atoms with Crippen LogP contribution in [-0.4, -0.2) is 36.6 Å². The van der Waals surface area contributed by atoms with E-state index in [9.17, 15) is 4.79 Å². The molecule has 1 amide bonds. The van der Waals surface area contributed by atoms with Crippen LogP contribution in [0.1, 0.15) is 20.9 Å². The number of benzene rings is 2. The monoisotopic (exact) mass is 380 g/mol. The van der Waals surface area contributed by atoms with E-state index in [1.165, 1.54) is 0 Å². The lowest BCUT2D eigenvalue weighted by molar-refractivity contribution is 0.0733. The zero-order chi connectivity index (χ0) is 18.8. The summed E-state index contributed by atoms with van der Waals surface area (Å²) in [5.41, 5.74) is 2.76. The molecule has 3 aromatic rings. The first kappa shape index (κ1) is 17.5. The molecule has 2 heterocycles. The molecule has 0 saturated heterocycles. The minimum Gasteiger partial charge on any atom is -0.497 e. The van der Waals surface area contributed by atoms with Crippen molar-refractivity contribution in [2.24, 2.45) is 0 Å². The van der Waals surface area contributed by atoms with E-state index in [2.05, 4.69) is 0 Å². The fourth-order valence-corrected chi connectivity index (χ4v) is 4.35. The highest BCUT2D eigenvalue weighted by molar-refractivity contribution is 7.15. The molecule has 0 spiro atoms. The van der Waals surface area contributed by atoms with Crippen LogP contribution in [0.4, 0.5) is 0 Å². The van der Waals surface area contributed by atoms with Crippen LogP contribution in [0.25, 0.3) is 10.6 Å². The summed E-state index contributed by atoms with van der Waals surface area (Å²) in [6.07, 6.45) is 0.767. The molecule has 2 aromatic carbocycles. The van der Waals surface area contributed by atoms with Crippen molar-refractivity contribution in [1.82, 2.24) is 9.88 Å². The smallest absolute Gasteiger partial charge is 0.257 e. The third-order valence-corrected chi connectivity index (χ3v) is 5.82. The van der Waals surface area contributed by atoms with Gasteiger partial charge in [-0.05, 0) is 36.4 Å². The Balaban J connectivity index is 1.56. The van der Waals surface area contributed by atoms with Crippen LogP contribution in [-0.2, 0) is 13.0 Å². The number of thiazole rings is 1. The number of amides is 1. The van der Waals surface area contributed by atoms with Crippen molar-refractivity contribution in [3.8, 4) is 22.1 Å². The van der Waals surface area contributed by atoms with Crippen LogP contribution in [0.15, 0.2) is 48.5 Å². The maximum atomic E-state index is 13.0. The molecule has 0 saturated carbocycles. The van der Waals surface area contributed by atoms with Gasteiger partial charge >= 0.3 is 0 Å². The average molecular weight is 380 g/mol. The average Bonchev–Trinajstić information content (AvgIpc) is 3.16. The molecule has 1 aromatic heterocycles. The van der Waals surface area contributed by atoms with Crippen LogP contribution in [0.3, 0.4) is 0 Å². The van der Waals surface area contributed by atoms with Crippen LogP contribution >= 0.6 is 11.3 Å². The third-order valence-electron chi connectivity index (χ3n) is 4.69. The molecule has 4 rings (SSSR count). The number of ether oxygens (including phenoxy) is 2. The summed E-state index contributed by atoms with van der Waals surface area (Å²) < 4.78 is 10.6. The van der Waals surface area contributed by atoms with Gasteiger partial charge in [-0.25, -0.2) is 4.98 Å². The van der Waals surface area contributed by atoms with Crippen molar-refractivity contribution in [1.29, 1.82) is 0 Å². The highest BCUT2D eigenvalue weighted by atomic mass is 32.1. The van der Waals surface area contributed by atoms with Gasteiger partial charge in [0.05, 0.1) is 32.0 Å². The van der Waals surface area contributed by atoms with Gasteiger partial charge in [-0.2, -0.15) is 0 Å². The molecular weight excluding hydrogens is 360 g/mol. The second-order valence-electron chi connectivity index (χ2n) is 6.29. The number of nitrogens with zero attached hydrogens (tertiary/aromatic N) is 2. The van der Waals surface area contributed by atoms with Crippen LogP contribution in [0.2, 0.25) is 0 Å². The Labute approximate surface area is 162 Å². The molecule has 1 aliphatic rings. The van der Waals surface area contributed by atoms with Crippen molar-refractivity contribution in [3.63, 3.8) is 0 Å². The number of carbonyl (C=O) groups excluding carboxylic acids is 1. The number of aromatic nitrogens is 1. The van der Waals surface area contributed by atoms with E-state index >= 15 is 0 Å². The van der Waals surface area contributed by atoms with Gasteiger partial charge in [-0.3, -0.25) is 4.79 Å². The summed E-state index contributed by atoms with van der Waals surface area (Å²) in [7, 11) is 3.25. The maximum Gasteiger partial charge on any atom is 0.257 e. The van der Waals surface area contributed by atoms with Crippen molar-refractivity contribution in [2.45, 2.75) is 13.0 Å². The van der Waals surface area contributed by atoms with Crippen LogP contribution in [0.5, 0.6) is 11.5 Å². The first-order valence-electron chi connectivity index (χ1n) is 8.75. The van der Waals surface area contributed by atoms with Crippen molar-refractivity contribution >= 4 is 17.2 Å². The standard InChI is InChI=1S/C21H20N2O3S/c1-25-15-9-7-14(8-10-15)20-22-17-11-12-23(13-19(17)27-20)21(24)16-5-3-4-6-18(16)26-2/h3-10H,11-13H2,1-2H3. The van der Waals surface area contributed by atoms with E-state index in [-0.39, 0.29) is 5.91 Å². The molecule has 0 unspecified atom stereocenters.